The van der Waals surface area contributed by atoms with Gasteiger partial charge in [0.25, 0.3) is 5.91 Å². The summed E-state index contributed by atoms with van der Waals surface area (Å²) in [5.74, 6) is -1.19. The predicted octanol–water partition coefficient (Wildman–Crippen LogP) is 2.59. The zero-order chi connectivity index (χ0) is 20.6. The molecule has 3 amide bonds. The van der Waals surface area contributed by atoms with Gasteiger partial charge in [-0.25, -0.2) is 9.59 Å². The van der Waals surface area contributed by atoms with Crippen LogP contribution >= 0.6 is 0 Å². The van der Waals surface area contributed by atoms with Crippen molar-refractivity contribution in [2.24, 2.45) is 0 Å². The van der Waals surface area contributed by atoms with Gasteiger partial charge >= 0.3 is 12.0 Å². The van der Waals surface area contributed by atoms with Gasteiger partial charge in [0.15, 0.2) is 5.78 Å². The Bertz CT molecular complexity index is 835. The van der Waals surface area contributed by atoms with Crippen molar-refractivity contribution in [2.75, 3.05) is 20.2 Å². The minimum Gasteiger partial charge on any atom is -0.462 e. The maximum absolute atomic E-state index is 13.0. The number of carbonyl (C=O) groups is 4. The number of rotatable bonds is 5. The average molecular weight is 389 g/mol. The first-order chi connectivity index (χ1) is 13.2. The molecule has 1 saturated heterocycles. The second-order valence-corrected chi connectivity index (χ2v) is 7.59. The average Bonchev–Trinajstić information content (AvgIpc) is 3.06. The van der Waals surface area contributed by atoms with E-state index < -0.39 is 23.3 Å². The van der Waals surface area contributed by atoms with Crippen molar-refractivity contribution < 1.29 is 23.9 Å². The van der Waals surface area contributed by atoms with Crippen LogP contribution in [0.2, 0.25) is 0 Å². The Morgan fingerprint density at radius 2 is 1.79 bits per heavy atom. The van der Waals surface area contributed by atoms with Crippen LogP contribution in [0.4, 0.5) is 4.79 Å². The number of aromatic nitrogens is 1. The number of nitrogens with one attached hydrogen (secondary N) is 1. The van der Waals surface area contributed by atoms with Crippen molar-refractivity contribution in [3.8, 4) is 0 Å². The van der Waals surface area contributed by atoms with Crippen molar-refractivity contribution >= 4 is 23.7 Å². The zero-order valence-corrected chi connectivity index (χ0v) is 16.9. The number of nitrogens with zero attached hydrogens (tertiary/aromatic N) is 2. The fourth-order valence-corrected chi connectivity index (χ4v) is 4.43. The number of hydrogen-bond acceptors (Lipinski definition) is 5. The molecule has 0 radical (unpaired) electrons. The molecule has 1 aromatic heterocycles. The summed E-state index contributed by atoms with van der Waals surface area (Å²) in [4.78, 5) is 56.2. The first kappa shape index (κ1) is 20.1. The van der Waals surface area contributed by atoms with Gasteiger partial charge in [-0.1, -0.05) is 19.3 Å². The summed E-state index contributed by atoms with van der Waals surface area (Å²) in [6.07, 6.45) is 4.10. The smallest absolute Gasteiger partial charge is 0.340 e. The van der Waals surface area contributed by atoms with Crippen molar-refractivity contribution in [2.45, 2.75) is 58.4 Å². The Morgan fingerprint density at radius 1 is 1.14 bits per heavy atom. The van der Waals surface area contributed by atoms with Gasteiger partial charge in [0.1, 0.15) is 5.54 Å². The fourth-order valence-electron chi connectivity index (χ4n) is 4.43. The largest absolute Gasteiger partial charge is 0.462 e. The van der Waals surface area contributed by atoms with Gasteiger partial charge in [0.05, 0.1) is 24.4 Å². The number of urea groups is 1. The number of imide groups is 1. The van der Waals surface area contributed by atoms with E-state index in [0.29, 0.717) is 29.7 Å². The Hall–Kier alpha value is -2.64. The molecule has 2 aliphatic rings. The van der Waals surface area contributed by atoms with Crippen LogP contribution in [0.5, 0.6) is 0 Å². The van der Waals surface area contributed by atoms with Crippen LogP contribution in [0.3, 0.4) is 0 Å². The number of amides is 3. The van der Waals surface area contributed by atoms with E-state index in [1.165, 1.54) is 4.90 Å². The van der Waals surface area contributed by atoms with E-state index in [2.05, 4.69) is 4.98 Å². The second-order valence-electron chi connectivity index (χ2n) is 7.59. The van der Waals surface area contributed by atoms with Crippen LogP contribution < -0.4 is 0 Å². The molecule has 1 aromatic rings. The molecule has 0 unspecified atom stereocenters. The third-order valence-electron chi connectivity index (χ3n) is 5.98. The molecule has 152 valence electrons. The Morgan fingerprint density at radius 3 is 2.39 bits per heavy atom. The van der Waals surface area contributed by atoms with Crippen LogP contribution in [0.15, 0.2) is 0 Å². The molecule has 3 rings (SSSR count). The molecule has 0 atom stereocenters. The highest BCUT2D eigenvalue weighted by atomic mass is 16.5. The number of ether oxygens (including phenoxy) is 1. The monoisotopic (exact) mass is 389 g/mol. The van der Waals surface area contributed by atoms with Crippen molar-refractivity contribution in [1.82, 2.24) is 14.8 Å². The normalized spacial score (nSPS) is 18.9. The molecule has 8 nitrogen and oxygen atoms in total. The van der Waals surface area contributed by atoms with Crippen LogP contribution in [-0.4, -0.2) is 64.2 Å². The van der Waals surface area contributed by atoms with Gasteiger partial charge in [-0.05, 0) is 39.2 Å². The maximum Gasteiger partial charge on any atom is 0.340 e. The van der Waals surface area contributed by atoms with Gasteiger partial charge in [0.2, 0.25) is 0 Å². The first-order valence-corrected chi connectivity index (χ1v) is 9.73. The number of likely N-dealkylation sites (N-methyl/N-ethyl adjacent to an activating group) is 1. The Kier molecular flexibility index (Phi) is 5.32. The van der Waals surface area contributed by atoms with E-state index in [9.17, 15) is 19.2 Å². The summed E-state index contributed by atoms with van der Waals surface area (Å²) in [7, 11) is 1.64. The summed E-state index contributed by atoms with van der Waals surface area (Å²) in [5, 5.41) is 0. The van der Waals surface area contributed by atoms with Gasteiger partial charge in [-0.3, -0.25) is 14.5 Å². The molecular formula is C20H27N3O5. The lowest BCUT2D eigenvalue weighted by Gasteiger charge is -2.35. The van der Waals surface area contributed by atoms with Crippen LogP contribution in [-0.2, 0) is 9.53 Å². The minimum absolute atomic E-state index is 0.230. The molecule has 2 heterocycles. The van der Waals surface area contributed by atoms with Crippen molar-refractivity contribution in [3.63, 3.8) is 0 Å². The third kappa shape index (κ3) is 3.00. The number of Topliss-reactive ketones (excluding diaryl/α,β-unsaturated/α-hetero) is 1. The van der Waals surface area contributed by atoms with E-state index in [-0.39, 0.29) is 24.8 Å². The topological polar surface area (TPSA) is 99.8 Å². The summed E-state index contributed by atoms with van der Waals surface area (Å²) in [6, 6.07) is -0.438. The summed E-state index contributed by atoms with van der Waals surface area (Å²) >= 11 is 0. The van der Waals surface area contributed by atoms with E-state index >= 15 is 0 Å². The molecule has 1 spiro atoms. The van der Waals surface area contributed by atoms with E-state index in [4.69, 9.17) is 4.74 Å². The summed E-state index contributed by atoms with van der Waals surface area (Å²) in [5.41, 5.74) is 0.741. The first-order valence-electron chi connectivity index (χ1n) is 9.73. The van der Waals surface area contributed by atoms with Crippen molar-refractivity contribution in [1.29, 1.82) is 0 Å². The molecule has 1 aliphatic heterocycles. The van der Waals surface area contributed by atoms with Crippen LogP contribution in [0.25, 0.3) is 0 Å². The number of aryl methyl sites for hydroxylation is 1. The summed E-state index contributed by atoms with van der Waals surface area (Å²) in [6.45, 7) is 4.95. The highest BCUT2D eigenvalue weighted by Crippen LogP contribution is 2.39. The molecule has 1 saturated carbocycles. The molecule has 0 aromatic carbocycles. The standard InChI is InChI=1S/C20H27N3O5/c1-5-28-17(25)15-12(2)16(21-13(15)3)14(24)11-23-18(26)20(22(4)19(23)27)9-7-6-8-10-20/h21H,5-11H2,1-4H3. The second kappa shape index (κ2) is 7.41. The third-order valence-corrected chi connectivity index (χ3v) is 5.98. The number of H-pyrrole nitrogens is 1. The molecule has 0 bridgehead atoms. The lowest BCUT2D eigenvalue weighted by atomic mass is 9.81. The molecule has 8 heteroatoms. The van der Waals surface area contributed by atoms with Gasteiger partial charge in [-0.2, -0.15) is 0 Å². The number of aromatic amines is 1. The highest BCUT2D eigenvalue weighted by molar-refractivity contribution is 6.11. The van der Waals surface area contributed by atoms with Crippen LogP contribution in [0.1, 0.15) is 71.1 Å². The molecule has 1 N–H and O–H groups in total. The SMILES string of the molecule is CCOC(=O)c1c(C)[nH]c(C(=O)CN2C(=O)N(C)C3(CCCCC3)C2=O)c1C. The van der Waals surface area contributed by atoms with Crippen LogP contribution in [0, 0.1) is 13.8 Å². The number of esters is 1. The fraction of sp³-hybridized carbons (Fsp3) is 0.600. The summed E-state index contributed by atoms with van der Waals surface area (Å²) < 4.78 is 5.04. The molecule has 1 aliphatic carbocycles. The van der Waals surface area contributed by atoms with Gasteiger partial charge in [-0.15, -0.1) is 0 Å². The lowest BCUT2D eigenvalue weighted by Crippen LogP contribution is -2.49. The van der Waals surface area contributed by atoms with Gasteiger partial charge < -0.3 is 14.6 Å². The predicted molar refractivity (Wildman–Crippen MR) is 101 cm³/mol. The highest BCUT2D eigenvalue weighted by Gasteiger charge is 2.55. The minimum atomic E-state index is -0.813. The number of ketones is 1. The zero-order valence-electron chi connectivity index (χ0n) is 16.9. The maximum atomic E-state index is 13.0. The lowest BCUT2D eigenvalue weighted by molar-refractivity contribution is -0.134. The molecule has 2 fully saturated rings. The number of hydrogen-bond donors (Lipinski definition) is 1. The molecular weight excluding hydrogens is 362 g/mol. The van der Waals surface area contributed by atoms with E-state index in [1.807, 2.05) is 0 Å². The quantitative estimate of drug-likeness (QED) is 0.474. The molecule has 28 heavy (non-hydrogen) atoms. The van der Waals surface area contributed by atoms with E-state index in [0.717, 1.165) is 24.2 Å². The Balaban J connectivity index is 1.84. The number of carbonyl (C=O) groups excluding carboxylic acids is 4. The van der Waals surface area contributed by atoms with Crippen molar-refractivity contribution in [3.05, 3.63) is 22.5 Å². The van der Waals surface area contributed by atoms with Gasteiger partial charge in [0, 0.05) is 12.7 Å². The van der Waals surface area contributed by atoms with E-state index in [1.54, 1.807) is 27.8 Å². The Labute approximate surface area is 164 Å².